The van der Waals surface area contributed by atoms with E-state index >= 15 is 0 Å². The molecular formula is C13H13BrN2O. The van der Waals surface area contributed by atoms with Gasteiger partial charge in [0.15, 0.2) is 5.78 Å². The number of aromatic nitrogens is 1. The smallest absolute Gasteiger partial charge is 0.163 e. The lowest BCUT2D eigenvalue weighted by Gasteiger charge is -2.01. The number of benzene rings is 1. The van der Waals surface area contributed by atoms with Crippen LogP contribution in [0.5, 0.6) is 0 Å². The molecule has 17 heavy (non-hydrogen) atoms. The van der Waals surface area contributed by atoms with Crippen LogP contribution in [0, 0.1) is 6.92 Å². The monoisotopic (exact) mass is 292 g/mol. The van der Waals surface area contributed by atoms with E-state index in [2.05, 4.69) is 20.9 Å². The number of Topliss-reactive ketones (excluding diaryl/α,β-unsaturated/α-hetero) is 1. The van der Waals surface area contributed by atoms with E-state index in [0.717, 1.165) is 21.4 Å². The molecule has 0 amide bonds. The molecule has 1 heterocycles. The maximum absolute atomic E-state index is 11.5. The van der Waals surface area contributed by atoms with Crippen LogP contribution in [0.1, 0.15) is 23.0 Å². The van der Waals surface area contributed by atoms with Crippen molar-refractivity contribution in [3.05, 3.63) is 40.0 Å². The first-order valence-electron chi connectivity index (χ1n) is 5.25. The van der Waals surface area contributed by atoms with Crippen LogP contribution in [0.4, 0.5) is 5.69 Å². The minimum atomic E-state index is -0.0162. The Morgan fingerprint density at radius 3 is 2.65 bits per heavy atom. The summed E-state index contributed by atoms with van der Waals surface area (Å²) in [6.45, 7) is 3.38. The van der Waals surface area contributed by atoms with Gasteiger partial charge < -0.3 is 10.7 Å². The molecule has 0 radical (unpaired) electrons. The van der Waals surface area contributed by atoms with Crippen molar-refractivity contribution >= 4 is 27.4 Å². The third kappa shape index (κ3) is 2.13. The summed E-state index contributed by atoms with van der Waals surface area (Å²) in [6, 6.07) is 7.80. The van der Waals surface area contributed by atoms with Crippen LogP contribution in [-0.2, 0) is 0 Å². The van der Waals surface area contributed by atoms with Crippen molar-refractivity contribution in [3.8, 4) is 11.3 Å². The molecule has 1 aromatic heterocycles. The van der Waals surface area contributed by atoms with Gasteiger partial charge in [-0.2, -0.15) is 0 Å². The van der Waals surface area contributed by atoms with Crippen molar-refractivity contribution in [3.63, 3.8) is 0 Å². The van der Waals surface area contributed by atoms with Crippen molar-refractivity contribution < 1.29 is 4.79 Å². The van der Waals surface area contributed by atoms with Crippen LogP contribution in [0.15, 0.2) is 28.7 Å². The fraction of sp³-hybridized carbons (Fsp3) is 0.154. The van der Waals surface area contributed by atoms with E-state index in [9.17, 15) is 4.79 Å². The second-order valence-corrected chi connectivity index (χ2v) is 4.90. The number of aryl methyl sites for hydroxylation is 1. The van der Waals surface area contributed by atoms with Crippen LogP contribution in [-0.4, -0.2) is 10.8 Å². The van der Waals surface area contributed by atoms with E-state index in [4.69, 9.17) is 5.73 Å². The zero-order chi connectivity index (χ0) is 12.6. The summed E-state index contributed by atoms with van der Waals surface area (Å²) in [5, 5.41) is 0. The molecule has 3 N–H and O–H groups in total. The number of hydrogen-bond acceptors (Lipinski definition) is 2. The summed E-state index contributed by atoms with van der Waals surface area (Å²) in [5.74, 6) is -0.0162. The zero-order valence-corrected chi connectivity index (χ0v) is 11.3. The van der Waals surface area contributed by atoms with Crippen LogP contribution < -0.4 is 5.73 Å². The number of anilines is 1. The lowest BCUT2D eigenvalue weighted by molar-refractivity contribution is 0.101. The van der Waals surface area contributed by atoms with Crippen molar-refractivity contribution in [2.45, 2.75) is 13.8 Å². The van der Waals surface area contributed by atoms with E-state index in [1.165, 1.54) is 6.92 Å². The first-order chi connectivity index (χ1) is 8.00. The molecule has 1 aromatic carbocycles. The maximum atomic E-state index is 11.5. The molecular weight excluding hydrogens is 280 g/mol. The molecule has 2 aromatic rings. The highest BCUT2D eigenvalue weighted by atomic mass is 79.9. The Kier molecular flexibility index (Phi) is 3.07. The van der Waals surface area contributed by atoms with E-state index in [0.29, 0.717) is 11.3 Å². The quantitative estimate of drug-likeness (QED) is 0.832. The highest BCUT2D eigenvalue weighted by Gasteiger charge is 2.16. The summed E-state index contributed by atoms with van der Waals surface area (Å²) in [6.07, 6.45) is 0. The number of aromatic amines is 1. The van der Waals surface area contributed by atoms with E-state index in [-0.39, 0.29) is 5.78 Å². The number of ketones is 1. The molecule has 0 aliphatic heterocycles. The molecule has 4 heteroatoms. The van der Waals surface area contributed by atoms with Gasteiger partial charge in [0.25, 0.3) is 0 Å². The number of nitrogens with one attached hydrogen (secondary N) is 1. The molecule has 2 rings (SSSR count). The second kappa shape index (κ2) is 4.37. The molecule has 0 spiro atoms. The van der Waals surface area contributed by atoms with Crippen LogP contribution in [0.3, 0.4) is 0 Å². The topological polar surface area (TPSA) is 58.9 Å². The largest absolute Gasteiger partial charge is 0.396 e. The number of nitrogen functional groups attached to an aromatic ring is 1. The van der Waals surface area contributed by atoms with Gasteiger partial charge in [0.1, 0.15) is 0 Å². The third-order valence-corrected chi connectivity index (χ3v) is 3.18. The van der Waals surface area contributed by atoms with Gasteiger partial charge in [-0.3, -0.25) is 4.79 Å². The summed E-state index contributed by atoms with van der Waals surface area (Å²) >= 11 is 3.42. The maximum Gasteiger partial charge on any atom is 0.163 e. The molecule has 88 valence electrons. The van der Waals surface area contributed by atoms with Gasteiger partial charge >= 0.3 is 0 Å². The fourth-order valence-electron chi connectivity index (χ4n) is 1.97. The van der Waals surface area contributed by atoms with Crippen molar-refractivity contribution in [2.24, 2.45) is 0 Å². The summed E-state index contributed by atoms with van der Waals surface area (Å²) in [4.78, 5) is 14.7. The third-order valence-electron chi connectivity index (χ3n) is 2.69. The van der Waals surface area contributed by atoms with Crippen molar-refractivity contribution in [2.75, 3.05) is 5.73 Å². The Morgan fingerprint density at radius 2 is 2.12 bits per heavy atom. The summed E-state index contributed by atoms with van der Waals surface area (Å²) < 4.78 is 0.978. The average molecular weight is 293 g/mol. The van der Waals surface area contributed by atoms with E-state index in [1.54, 1.807) is 0 Å². The fourth-order valence-corrected chi connectivity index (χ4v) is 2.37. The number of rotatable bonds is 2. The predicted octanol–water partition coefficient (Wildman–Crippen LogP) is 3.54. The van der Waals surface area contributed by atoms with Crippen molar-refractivity contribution in [1.82, 2.24) is 4.98 Å². The molecule has 0 aliphatic carbocycles. The number of carbonyl (C=O) groups excluding carboxylic acids is 1. The molecule has 0 bridgehead atoms. The van der Waals surface area contributed by atoms with E-state index in [1.807, 2.05) is 31.2 Å². The lowest BCUT2D eigenvalue weighted by atomic mass is 10.1. The molecule has 0 saturated carbocycles. The SMILES string of the molecule is CC(=O)c1c(C)[nH]c(-c2cccc(Br)c2)c1N. The average Bonchev–Trinajstić information content (AvgIpc) is 2.54. The van der Waals surface area contributed by atoms with Crippen LogP contribution >= 0.6 is 15.9 Å². The first-order valence-corrected chi connectivity index (χ1v) is 6.05. The molecule has 0 fully saturated rings. The van der Waals surface area contributed by atoms with E-state index < -0.39 is 0 Å². The molecule has 3 nitrogen and oxygen atoms in total. The minimum Gasteiger partial charge on any atom is -0.396 e. The van der Waals surface area contributed by atoms with Gasteiger partial charge in [-0.15, -0.1) is 0 Å². The van der Waals surface area contributed by atoms with Crippen LogP contribution in [0.25, 0.3) is 11.3 Å². The Bertz CT molecular complexity index is 587. The van der Waals surface area contributed by atoms with Gasteiger partial charge in [-0.05, 0) is 26.0 Å². The highest BCUT2D eigenvalue weighted by Crippen LogP contribution is 2.31. The lowest BCUT2D eigenvalue weighted by Crippen LogP contribution is -1.98. The second-order valence-electron chi connectivity index (χ2n) is 3.98. The summed E-state index contributed by atoms with van der Waals surface area (Å²) in [7, 11) is 0. The van der Waals surface area contributed by atoms with Gasteiger partial charge in [-0.25, -0.2) is 0 Å². The normalized spacial score (nSPS) is 10.5. The standard InChI is InChI=1S/C13H13BrN2O/c1-7-11(8(2)17)12(15)13(16-7)9-4-3-5-10(14)6-9/h3-6,16H,15H2,1-2H3. The summed E-state index contributed by atoms with van der Waals surface area (Å²) in [5.41, 5.74) is 9.70. The minimum absolute atomic E-state index is 0.0162. The van der Waals surface area contributed by atoms with Gasteiger partial charge in [0.05, 0.1) is 16.9 Å². The number of hydrogen-bond donors (Lipinski definition) is 2. The van der Waals surface area contributed by atoms with Gasteiger partial charge in [0.2, 0.25) is 0 Å². The molecule has 0 atom stereocenters. The van der Waals surface area contributed by atoms with Crippen LogP contribution in [0.2, 0.25) is 0 Å². The van der Waals surface area contributed by atoms with Gasteiger partial charge in [-0.1, -0.05) is 28.1 Å². The number of H-pyrrole nitrogens is 1. The highest BCUT2D eigenvalue weighted by molar-refractivity contribution is 9.10. The molecule has 0 unspecified atom stereocenters. The Morgan fingerprint density at radius 1 is 1.41 bits per heavy atom. The molecule has 0 saturated heterocycles. The number of carbonyl (C=O) groups is 1. The first kappa shape index (κ1) is 11.9. The Balaban J connectivity index is 2.62. The zero-order valence-electron chi connectivity index (χ0n) is 9.67. The Labute approximate surface area is 108 Å². The van der Waals surface area contributed by atoms with Crippen molar-refractivity contribution in [1.29, 1.82) is 0 Å². The van der Waals surface area contributed by atoms with Gasteiger partial charge in [0, 0.05) is 15.7 Å². The Hall–Kier alpha value is -1.55. The predicted molar refractivity (Wildman–Crippen MR) is 73.1 cm³/mol. The number of halogens is 1. The molecule has 0 aliphatic rings. The number of nitrogens with two attached hydrogens (primary N) is 1.